The zero-order valence-electron chi connectivity index (χ0n) is 22.1. The van der Waals surface area contributed by atoms with Crippen molar-refractivity contribution in [3.05, 3.63) is 90.0 Å². The van der Waals surface area contributed by atoms with Crippen molar-refractivity contribution in [1.29, 1.82) is 0 Å². The number of rotatable bonds is 10. The molecule has 194 valence electrons. The number of ketones is 1. The molecular weight excluding hydrogens is 456 g/mol. The van der Waals surface area contributed by atoms with E-state index in [1.807, 2.05) is 24.3 Å². The lowest BCUT2D eigenvalue weighted by atomic mass is 10.0. The number of ether oxygens (including phenoxy) is 1. The molecule has 4 nitrogen and oxygen atoms in total. The van der Waals surface area contributed by atoms with Crippen molar-refractivity contribution >= 4 is 5.78 Å². The summed E-state index contributed by atoms with van der Waals surface area (Å²) in [7, 11) is 2.20. The van der Waals surface area contributed by atoms with Crippen LogP contribution in [0.25, 0.3) is 11.1 Å². The molecule has 2 aliphatic rings. The fraction of sp³-hybridized carbons (Fsp3) is 0.424. The number of likely N-dealkylation sites (tertiary alicyclic amines) is 2. The van der Waals surface area contributed by atoms with Gasteiger partial charge in [0.2, 0.25) is 0 Å². The van der Waals surface area contributed by atoms with Gasteiger partial charge in [0.05, 0.1) is 0 Å². The first-order valence-corrected chi connectivity index (χ1v) is 14.0. The Kier molecular flexibility index (Phi) is 8.70. The molecule has 5 rings (SSSR count). The van der Waals surface area contributed by atoms with Crippen LogP contribution in [0, 0.1) is 0 Å². The Labute approximate surface area is 222 Å². The summed E-state index contributed by atoms with van der Waals surface area (Å²) in [5, 5.41) is 0. The second kappa shape index (κ2) is 12.5. The van der Waals surface area contributed by atoms with Crippen LogP contribution < -0.4 is 4.74 Å². The fourth-order valence-corrected chi connectivity index (χ4v) is 5.80. The van der Waals surface area contributed by atoms with Gasteiger partial charge in [0.1, 0.15) is 11.9 Å². The number of hydrogen-bond donors (Lipinski definition) is 0. The van der Waals surface area contributed by atoms with E-state index in [9.17, 15) is 4.79 Å². The highest BCUT2D eigenvalue weighted by molar-refractivity contribution is 5.96. The largest absolute Gasteiger partial charge is 0.490 e. The molecule has 1 atom stereocenters. The first-order chi connectivity index (χ1) is 18.1. The normalized spacial score (nSPS) is 19.2. The van der Waals surface area contributed by atoms with Crippen LogP contribution in [-0.2, 0) is 6.54 Å². The van der Waals surface area contributed by atoms with E-state index in [0.717, 1.165) is 56.6 Å². The van der Waals surface area contributed by atoms with Gasteiger partial charge in [-0.3, -0.25) is 9.69 Å². The van der Waals surface area contributed by atoms with Gasteiger partial charge in [0.25, 0.3) is 0 Å². The summed E-state index contributed by atoms with van der Waals surface area (Å²) in [5.41, 5.74) is 4.66. The second-order valence-corrected chi connectivity index (χ2v) is 10.8. The molecule has 3 aromatic carbocycles. The number of nitrogens with zero attached hydrogens (tertiary/aromatic N) is 2. The fourth-order valence-electron chi connectivity index (χ4n) is 5.80. The molecule has 4 heteroatoms. The molecule has 37 heavy (non-hydrogen) atoms. The SMILES string of the molecule is CN1CCCC1CCCC(=O)c1cccc(OC2CCN(Cc3ccc(-c4ccccc4)cc3)CC2)c1. The van der Waals surface area contributed by atoms with Crippen LogP contribution in [0.4, 0.5) is 0 Å². The first kappa shape index (κ1) is 25.7. The predicted molar refractivity (Wildman–Crippen MR) is 151 cm³/mol. The van der Waals surface area contributed by atoms with E-state index < -0.39 is 0 Å². The summed E-state index contributed by atoms with van der Waals surface area (Å²) in [5.74, 6) is 1.07. The van der Waals surface area contributed by atoms with E-state index in [1.165, 1.54) is 36.1 Å². The maximum Gasteiger partial charge on any atom is 0.163 e. The highest BCUT2D eigenvalue weighted by Gasteiger charge is 2.22. The molecule has 0 radical (unpaired) electrons. The summed E-state index contributed by atoms with van der Waals surface area (Å²) in [6.45, 7) is 4.22. The Morgan fingerprint density at radius 1 is 0.865 bits per heavy atom. The third-order valence-corrected chi connectivity index (χ3v) is 8.07. The molecule has 0 aromatic heterocycles. The quantitative estimate of drug-likeness (QED) is 0.288. The molecular formula is C33H40N2O2. The Bertz CT molecular complexity index is 1140. The van der Waals surface area contributed by atoms with Gasteiger partial charge in [0, 0.05) is 37.7 Å². The van der Waals surface area contributed by atoms with Crippen LogP contribution in [-0.4, -0.2) is 54.4 Å². The lowest BCUT2D eigenvalue weighted by molar-refractivity contribution is 0.0949. The Hall–Kier alpha value is -2.95. The number of carbonyl (C=O) groups excluding carboxylic acids is 1. The van der Waals surface area contributed by atoms with Gasteiger partial charge in [-0.1, -0.05) is 66.7 Å². The lowest BCUT2D eigenvalue weighted by Crippen LogP contribution is -2.37. The number of carbonyl (C=O) groups is 1. The van der Waals surface area contributed by atoms with E-state index in [-0.39, 0.29) is 11.9 Å². The van der Waals surface area contributed by atoms with E-state index in [0.29, 0.717) is 12.5 Å². The zero-order chi connectivity index (χ0) is 25.5. The average Bonchev–Trinajstić information content (AvgIpc) is 3.35. The van der Waals surface area contributed by atoms with Crippen LogP contribution in [0.5, 0.6) is 5.75 Å². The Morgan fingerprint density at radius 2 is 1.62 bits per heavy atom. The van der Waals surface area contributed by atoms with E-state index in [1.54, 1.807) is 0 Å². The van der Waals surface area contributed by atoms with E-state index in [2.05, 4.69) is 71.4 Å². The second-order valence-electron chi connectivity index (χ2n) is 10.8. The van der Waals surface area contributed by atoms with Gasteiger partial charge in [-0.2, -0.15) is 0 Å². The minimum Gasteiger partial charge on any atom is -0.490 e. The number of piperidine rings is 1. The molecule has 0 bridgehead atoms. The van der Waals surface area contributed by atoms with Crippen molar-refractivity contribution < 1.29 is 9.53 Å². The Morgan fingerprint density at radius 3 is 2.35 bits per heavy atom. The van der Waals surface area contributed by atoms with Crippen LogP contribution in [0.2, 0.25) is 0 Å². The van der Waals surface area contributed by atoms with Crippen molar-refractivity contribution in [2.24, 2.45) is 0 Å². The van der Waals surface area contributed by atoms with Crippen molar-refractivity contribution in [3.8, 4) is 16.9 Å². The van der Waals surface area contributed by atoms with Gasteiger partial charge in [0.15, 0.2) is 5.78 Å². The van der Waals surface area contributed by atoms with Crippen LogP contribution in [0.1, 0.15) is 60.9 Å². The molecule has 0 aliphatic carbocycles. The van der Waals surface area contributed by atoms with Crippen molar-refractivity contribution in [1.82, 2.24) is 9.80 Å². The average molecular weight is 497 g/mol. The summed E-state index contributed by atoms with van der Waals surface area (Å²) in [4.78, 5) is 17.7. The molecule has 2 heterocycles. The van der Waals surface area contributed by atoms with Gasteiger partial charge >= 0.3 is 0 Å². The zero-order valence-corrected chi connectivity index (χ0v) is 22.1. The van der Waals surface area contributed by atoms with Gasteiger partial charge < -0.3 is 9.64 Å². The molecule has 0 saturated carbocycles. The summed E-state index contributed by atoms with van der Waals surface area (Å²) in [6.07, 6.45) is 7.49. The van der Waals surface area contributed by atoms with E-state index >= 15 is 0 Å². The first-order valence-electron chi connectivity index (χ1n) is 14.0. The van der Waals surface area contributed by atoms with Gasteiger partial charge in [-0.05, 0) is 80.9 Å². The molecule has 0 amide bonds. The van der Waals surface area contributed by atoms with Crippen LogP contribution in [0.3, 0.4) is 0 Å². The van der Waals surface area contributed by atoms with Crippen molar-refractivity contribution in [3.63, 3.8) is 0 Å². The smallest absolute Gasteiger partial charge is 0.163 e. The van der Waals surface area contributed by atoms with Crippen LogP contribution in [0.15, 0.2) is 78.9 Å². The molecule has 0 N–H and O–H groups in total. The molecule has 2 fully saturated rings. The highest BCUT2D eigenvalue weighted by Crippen LogP contribution is 2.25. The number of benzene rings is 3. The van der Waals surface area contributed by atoms with Gasteiger partial charge in [-0.25, -0.2) is 0 Å². The molecule has 2 saturated heterocycles. The topological polar surface area (TPSA) is 32.8 Å². The summed E-state index contributed by atoms with van der Waals surface area (Å²) < 4.78 is 6.32. The highest BCUT2D eigenvalue weighted by atomic mass is 16.5. The van der Waals surface area contributed by atoms with Crippen LogP contribution >= 0.6 is 0 Å². The predicted octanol–water partition coefficient (Wildman–Crippen LogP) is 6.84. The lowest BCUT2D eigenvalue weighted by Gasteiger charge is -2.32. The third-order valence-electron chi connectivity index (χ3n) is 8.07. The minimum atomic E-state index is 0.208. The monoisotopic (exact) mass is 496 g/mol. The maximum absolute atomic E-state index is 12.8. The minimum absolute atomic E-state index is 0.208. The third kappa shape index (κ3) is 7.09. The molecule has 1 unspecified atom stereocenters. The summed E-state index contributed by atoms with van der Waals surface area (Å²) >= 11 is 0. The van der Waals surface area contributed by atoms with Crippen molar-refractivity contribution in [2.75, 3.05) is 26.7 Å². The maximum atomic E-state index is 12.8. The molecule has 0 spiro atoms. The molecule has 2 aliphatic heterocycles. The van der Waals surface area contributed by atoms with Crippen molar-refractivity contribution in [2.45, 2.75) is 63.6 Å². The number of hydrogen-bond acceptors (Lipinski definition) is 4. The van der Waals surface area contributed by atoms with Gasteiger partial charge in [-0.15, -0.1) is 0 Å². The standard InChI is InChI=1S/C33H40N2O2/c1-34-21-7-12-30(34)11-6-14-33(36)29-10-5-13-32(24-29)37-31-19-22-35(23-20-31)25-26-15-17-28(18-16-26)27-8-3-2-4-9-27/h2-5,8-10,13,15-18,24,30-31H,6-7,11-12,14,19-23,25H2,1H3. The van der Waals surface area contributed by atoms with E-state index in [4.69, 9.17) is 4.74 Å². The summed E-state index contributed by atoms with van der Waals surface area (Å²) in [6, 6.07) is 28.0. The Balaban J connectivity index is 1.06. The number of Topliss-reactive ketones (excluding diaryl/α,β-unsaturated/α-hetero) is 1. The molecule has 3 aromatic rings.